The van der Waals surface area contributed by atoms with Crippen LogP contribution < -0.4 is 10.5 Å². The molecule has 0 aromatic heterocycles. The maximum Gasteiger partial charge on any atom is 0.168 e. The van der Waals surface area contributed by atoms with Gasteiger partial charge in [0.15, 0.2) is 11.6 Å². The summed E-state index contributed by atoms with van der Waals surface area (Å²) in [5, 5.41) is 0. The lowest BCUT2D eigenvalue weighted by atomic mass is 9.77. The topological polar surface area (TPSA) is 35.2 Å². The molecule has 0 radical (unpaired) electrons. The number of benzene rings is 1. The van der Waals surface area contributed by atoms with E-state index in [1.165, 1.54) is 26.4 Å². The van der Waals surface area contributed by atoms with E-state index in [9.17, 15) is 4.39 Å². The van der Waals surface area contributed by atoms with Crippen molar-refractivity contribution in [3.05, 3.63) is 29.6 Å². The first-order valence-corrected chi connectivity index (χ1v) is 6.69. The van der Waals surface area contributed by atoms with E-state index in [2.05, 4.69) is 0 Å². The van der Waals surface area contributed by atoms with Gasteiger partial charge in [0.05, 0.1) is 7.11 Å². The number of methoxy groups -OCH3 is 1. The zero-order chi connectivity index (χ0) is 12.8. The minimum absolute atomic E-state index is 0.126. The fourth-order valence-electron chi connectivity index (χ4n) is 3.64. The molecule has 0 heterocycles. The Hall–Kier alpha value is -1.09. The van der Waals surface area contributed by atoms with Crippen LogP contribution in [-0.2, 0) is 6.42 Å². The second-order valence-corrected chi connectivity index (χ2v) is 5.98. The Bertz CT molecular complexity index is 450. The number of rotatable bonds is 4. The Kier molecular flexibility index (Phi) is 2.81. The molecule has 1 aromatic carbocycles. The smallest absolute Gasteiger partial charge is 0.168 e. The lowest BCUT2D eigenvalue weighted by Crippen LogP contribution is -2.31. The van der Waals surface area contributed by atoms with Gasteiger partial charge in [-0.25, -0.2) is 4.39 Å². The van der Waals surface area contributed by atoms with Crippen LogP contribution >= 0.6 is 0 Å². The first-order chi connectivity index (χ1) is 8.67. The van der Waals surface area contributed by atoms with Crippen LogP contribution in [0.4, 0.5) is 4.39 Å². The Morgan fingerprint density at radius 2 is 2.11 bits per heavy atom. The van der Waals surface area contributed by atoms with E-state index in [4.69, 9.17) is 10.5 Å². The normalized spacial score (nSPS) is 33.3. The molecule has 98 valence electrons. The molecule has 0 aliphatic heterocycles. The summed E-state index contributed by atoms with van der Waals surface area (Å²) in [7, 11) is 1.51. The van der Waals surface area contributed by atoms with Crippen molar-refractivity contribution in [2.45, 2.75) is 25.7 Å². The Morgan fingerprint density at radius 3 is 2.72 bits per heavy atom. The van der Waals surface area contributed by atoms with Crippen molar-refractivity contribution in [3.63, 3.8) is 0 Å². The van der Waals surface area contributed by atoms with Gasteiger partial charge in [0.25, 0.3) is 0 Å². The zero-order valence-electron chi connectivity index (χ0n) is 10.8. The summed E-state index contributed by atoms with van der Waals surface area (Å²) in [5.74, 6) is 1.85. The van der Waals surface area contributed by atoms with Crippen LogP contribution in [0.15, 0.2) is 18.2 Å². The SMILES string of the molecule is COc1cccc(CC2(CN)CC3CC3C2)c1F. The lowest BCUT2D eigenvalue weighted by molar-refractivity contribution is 0.268. The van der Waals surface area contributed by atoms with Gasteiger partial charge in [0.2, 0.25) is 0 Å². The lowest BCUT2D eigenvalue weighted by Gasteiger charge is -2.29. The van der Waals surface area contributed by atoms with E-state index in [1.54, 1.807) is 6.07 Å². The number of fused-ring (bicyclic) bond motifs is 1. The summed E-state index contributed by atoms with van der Waals surface area (Å²) in [6, 6.07) is 5.39. The van der Waals surface area contributed by atoms with Crippen LogP contribution in [0.3, 0.4) is 0 Å². The van der Waals surface area contributed by atoms with Crippen molar-refractivity contribution in [1.29, 1.82) is 0 Å². The molecule has 0 saturated heterocycles. The van der Waals surface area contributed by atoms with Gasteiger partial charge in [-0.1, -0.05) is 12.1 Å². The molecule has 2 aliphatic rings. The van der Waals surface area contributed by atoms with E-state index < -0.39 is 0 Å². The van der Waals surface area contributed by atoms with E-state index in [0.29, 0.717) is 12.3 Å². The number of nitrogens with two attached hydrogens (primary N) is 1. The number of ether oxygens (including phenoxy) is 1. The molecule has 0 spiro atoms. The predicted octanol–water partition coefficient (Wildman–Crippen LogP) is 2.75. The summed E-state index contributed by atoms with van der Waals surface area (Å²) in [4.78, 5) is 0. The maximum absolute atomic E-state index is 14.2. The van der Waals surface area contributed by atoms with Crippen LogP contribution in [0.1, 0.15) is 24.8 Å². The molecule has 1 aromatic rings. The van der Waals surface area contributed by atoms with Crippen LogP contribution in [-0.4, -0.2) is 13.7 Å². The van der Waals surface area contributed by atoms with Crippen molar-refractivity contribution in [2.24, 2.45) is 23.0 Å². The van der Waals surface area contributed by atoms with Crippen LogP contribution in [0, 0.1) is 23.1 Å². The molecule has 2 fully saturated rings. The second-order valence-electron chi connectivity index (χ2n) is 5.98. The van der Waals surface area contributed by atoms with Crippen molar-refractivity contribution in [1.82, 2.24) is 0 Å². The molecular weight excluding hydrogens is 229 g/mol. The standard InChI is InChI=1S/C15H20FNO/c1-18-13-4-2-3-10(14(13)16)6-15(9-17)7-11-5-12(11)8-15/h2-4,11-12H,5-9,17H2,1H3. The molecule has 2 unspecified atom stereocenters. The number of hydrogen-bond donors (Lipinski definition) is 1. The average Bonchev–Trinajstić information content (AvgIpc) is 3.00. The monoisotopic (exact) mass is 249 g/mol. The fourth-order valence-corrected chi connectivity index (χ4v) is 3.64. The third-order valence-electron chi connectivity index (χ3n) is 4.72. The minimum atomic E-state index is -0.214. The summed E-state index contributed by atoms with van der Waals surface area (Å²) in [6.45, 7) is 0.663. The minimum Gasteiger partial charge on any atom is -0.494 e. The zero-order valence-corrected chi connectivity index (χ0v) is 10.8. The van der Waals surface area contributed by atoms with Gasteiger partial charge in [0.1, 0.15) is 0 Å². The Labute approximate surface area is 107 Å². The van der Waals surface area contributed by atoms with Crippen LogP contribution in [0.25, 0.3) is 0 Å². The predicted molar refractivity (Wildman–Crippen MR) is 69.0 cm³/mol. The van der Waals surface area contributed by atoms with Gasteiger partial charge in [-0.15, -0.1) is 0 Å². The molecule has 2 atom stereocenters. The highest BCUT2D eigenvalue weighted by Crippen LogP contribution is 2.60. The van der Waals surface area contributed by atoms with Crippen molar-refractivity contribution in [2.75, 3.05) is 13.7 Å². The van der Waals surface area contributed by atoms with Crippen LogP contribution in [0.2, 0.25) is 0 Å². The molecule has 2 aliphatic carbocycles. The highest BCUT2D eigenvalue weighted by atomic mass is 19.1. The number of halogens is 1. The largest absolute Gasteiger partial charge is 0.494 e. The van der Waals surface area contributed by atoms with Gasteiger partial charge in [-0.05, 0) is 61.1 Å². The molecule has 2 saturated carbocycles. The molecule has 18 heavy (non-hydrogen) atoms. The first-order valence-electron chi connectivity index (χ1n) is 6.69. The summed E-state index contributed by atoms with van der Waals surface area (Å²) in [6.07, 6.45) is 4.46. The first kappa shape index (κ1) is 12.0. The second kappa shape index (κ2) is 4.23. The van der Waals surface area contributed by atoms with Crippen molar-refractivity contribution >= 4 is 0 Å². The molecule has 0 amide bonds. The van der Waals surface area contributed by atoms with Crippen molar-refractivity contribution < 1.29 is 9.13 Å². The summed E-state index contributed by atoms with van der Waals surface area (Å²) >= 11 is 0. The Morgan fingerprint density at radius 1 is 1.39 bits per heavy atom. The molecule has 0 bridgehead atoms. The van der Waals surface area contributed by atoms with Gasteiger partial charge in [-0.2, -0.15) is 0 Å². The van der Waals surface area contributed by atoms with Crippen molar-refractivity contribution in [3.8, 4) is 5.75 Å². The third kappa shape index (κ3) is 1.91. The van der Waals surface area contributed by atoms with Gasteiger partial charge < -0.3 is 10.5 Å². The average molecular weight is 249 g/mol. The van der Waals surface area contributed by atoms with Crippen LogP contribution in [0.5, 0.6) is 5.75 Å². The molecule has 2 nitrogen and oxygen atoms in total. The van der Waals surface area contributed by atoms with Gasteiger partial charge in [0, 0.05) is 0 Å². The van der Waals surface area contributed by atoms with E-state index in [0.717, 1.165) is 23.8 Å². The number of hydrogen-bond acceptors (Lipinski definition) is 2. The Balaban J connectivity index is 1.83. The fraction of sp³-hybridized carbons (Fsp3) is 0.600. The quantitative estimate of drug-likeness (QED) is 0.890. The third-order valence-corrected chi connectivity index (χ3v) is 4.72. The summed E-state index contributed by atoms with van der Waals surface area (Å²) in [5.41, 5.74) is 6.84. The van der Waals surface area contributed by atoms with E-state index in [1.807, 2.05) is 12.1 Å². The highest BCUT2D eigenvalue weighted by Gasteiger charge is 2.53. The van der Waals surface area contributed by atoms with E-state index in [-0.39, 0.29) is 11.2 Å². The molecule has 3 heteroatoms. The molecular formula is C15H20FNO. The summed E-state index contributed by atoms with van der Waals surface area (Å²) < 4.78 is 19.2. The van der Waals surface area contributed by atoms with Gasteiger partial charge in [-0.3, -0.25) is 0 Å². The maximum atomic E-state index is 14.2. The molecule has 2 N–H and O–H groups in total. The highest BCUT2D eigenvalue weighted by molar-refractivity contribution is 5.32. The molecule has 3 rings (SSSR count). The van der Waals surface area contributed by atoms with Gasteiger partial charge >= 0.3 is 0 Å². The van der Waals surface area contributed by atoms with E-state index >= 15 is 0 Å².